The second kappa shape index (κ2) is 7.73. The summed E-state index contributed by atoms with van der Waals surface area (Å²) in [4.78, 5) is 12.6. The summed E-state index contributed by atoms with van der Waals surface area (Å²) in [5.41, 5.74) is 1.98. The molecule has 1 heterocycles. The van der Waals surface area contributed by atoms with Gasteiger partial charge in [-0.05, 0) is 37.1 Å². The fraction of sp³-hybridized carbons (Fsp3) is 0.316. The molecule has 0 aliphatic heterocycles. The molecule has 24 heavy (non-hydrogen) atoms. The Morgan fingerprint density at radius 2 is 2.21 bits per heavy atom. The molecular weight excluding hydrogens is 304 g/mol. The molecule has 2 aromatic rings. The van der Waals surface area contributed by atoms with Gasteiger partial charge in [0.2, 0.25) is 5.75 Å². The average Bonchev–Trinajstić information content (AvgIpc) is 2.61. The highest BCUT2D eigenvalue weighted by Gasteiger charge is 2.17. The molecule has 0 saturated heterocycles. The first-order valence-electron chi connectivity index (χ1n) is 8.06. The number of hydrogen-bond acceptors (Lipinski definition) is 4. The Balaban J connectivity index is 2.72. The maximum Gasteiger partial charge on any atom is 0.297 e. The predicted octanol–water partition coefficient (Wildman–Crippen LogP) is 4.02. The van der Waals surface area contributed by atoms with Crippen molar-refractivity contribution in [2.24, 2.45) is 0 Å². The molecule has 5 heteroatoms. The molecule has 0 radical (unpaired) electrons. The molecule has 1 aromatic carbocycles. The predicted molar refractivity (Wildman–Crippen MR) is 98.9 cm³/mol. The number of aromatic nitrogens is 1. The van der Waals surface area contributed by atoms with Crippen LogP contribution in [0.1, 0.15) is 26.7 Å². The molecule has 0 fully saturated rings. The molecule has 1 aromatic heterocycles. The first-order valence-corrected chi connectivity index (χ1v) is 8.06. The average molecular weight is 328 g/mol. The maximum atomic E-state index is 12.6. The highest BCUT2D eigenvalue weighted by atomic mass is 16.5. The van der Waals surface area contributed by atoms with Gasteiger partial charge in [0.25, 0.3) is 5.56 Å². The van der Waals surface area contributed by atoms with Crippen molar-refractivity contribution in [2.75, 3.05) is 12.4 Å². The zero-order valence-electron chi connectivity index (χ0n) is 14.4. The maximum absolute atomic E-state index is 12.6. The number of ether oxygens (including phenoxy) is 1. The number of allylic oxidation sites excluding steroid dienone is 2. The summed E-state index contributed by atoms with van der Waals surface area (Å²) in [6.45, 7) is 8.10. The first kappa shape index (κ1) is 17.7. The lowest BCUT2D eigenvalue weighted by atomic mass is 10.1. The van der Waals surface area contributed by atoms with Gasteiger partial charge < -0.3 is 19.7 Å². The number of aryl methyl sites for hydroxylation is 1. The molecule has 0 saturated carbocycles. The zero-order valence-corrected chi connectivity index (χ0v) is 14.4. The van der Waals surface area contributed by atoms with Crippen molar-refractivity contribution in [1.82, 2.24) is 4.57 Å². The van der Waals surface area contributed by atoms with Crippen LogP contribution in [0.4, 0.5) is 5.69 Å². The lowest BCUT2D eigenvalue weighted by Crippen LogP contribution is -2.21. The molecule has 128 valence electrons. The van der Waals surface area contributed by atoms with E-state index in [9.17, 15) is 9.90 Å². The van der Waals surface area contributed by atoms with Crippen molar-refractivity contribution >= 4 is 16.6 Å². The summed E-state index contributed by atoms with van der Waals surface area (Å²) in [6.07, 6.45) is 4.93. The highest BCUT2D eigenvalue weighted by molar-refractivity contribution is 5.90. The Morgan fingerprint density at radius 1 is 1.46 bits per heavy atom. The van der Waals surface area contributed by atoms with Crippen molar-refractivity contribution in [1.29, 1.82) is 0 Å². The quantitative estimate of drug-likeness (QED) is 0.595. The first-order chi connectivity index (χ1) is 11.5. The van der Waals surface area contributed by atoms with Crippen molar-refractivity contribution in [3.63, 3.8) is 0 Å². The normalized spacial score (nSPS) is 11.5. The minimum atomic E-state index is -0.441. The highest BCUT2D eigenvalue weighted by Crippen LogP contribution is 2.33. The molecule has 0 aliphatic rings. The van der Waals surface area contributed by atoms with Crippen molar-refractivity contribution in [2.45, 2.75) is 33.2 Å². The molecule has 0 atom stereocenters. The molecule has 5 nitrogen and oxygen atoms in total. The van der Waals surface area contributed by atoms with Crippen LogP contribution in [0.15, 0.2) is 47.5 Å². The third-order valence-corrected chi connectivity index (χ3v) is 3.90. The summed E-state index contributed by atoms with van der Waals surface area (Å²) in [5, 5.41) is 14.1. The van der Waals surface area contributed by atoms with Gasteiger partial charge in [0.05, 0.1) is 11.8 Å². The number of unbranched alkanes of at least 4 members (excludes halogenated alkanes) is 1. The van der Waals surface area contributed by atoms with E-state index < -0.39 is 5.56 Å². The fourth-order valence-corrected chi connectivity index (χ4v) is 2.42. The smallest absolute Gasteiger partial charge is 0.297 e. The van der Waals surface area contributed by atoms with E-state index in [-0.39, 0.29) is 11.5 Å². The summed E-state index contributed by atoms with van der Waals surface area (Å²) < 4.78 is 7.20. The standard InChI is InChI=1S/C19H24N2O3/c1-5-7-10-21-16-11-14(20-4)8-9-15(16)18(17(22)19(21)23)24-12-13(3)6-2/h6,8-9,11-12,20,22H,2,5,7,10H2,1,3-4H3. The van der Waals surface area contributed by atoms with Crippen LogP contribution in [0.25, 0.3) is 10.9 Å². The van der Waals surface area contributed by atoms with Crippen LogP contribution in [0.2, 0.25) is 0 Å². The van der Waals surface area contributed by atoms with Gasteiger partial charge in [-0.25, -0.2) is 0 Å². The Kier molecular flexibility index (Phi) is 5.68. The van der Waals surface area contributed by atoms with Crippen LogP contribution in [0.3, 0.4) is 0 Å². The van der Waals surface area contributed by atoms with Gasteiger partial charge in [-0.1, -0.05) is 26.0 Å². The Labute approximate surface area is 141 Å². The van der Waals surface area contributed by atoms with Gasteiger partial charge in [0.15, 0.2) is 5.75 Å². The van der Waals surface area contributed by atoms with Crippen LogP contribution in [-0.4, -0.2) is 16.7 Å². The third kappa shape index (κ3) is 3.45. The number of nitrogens with zero attached hydrogens (tertiary/aromatic N) is 1. The number of benzene rings is 1. The molecule has 0 aliphatic carbocycles. The number of fused-ring (bicyclic) bond motifs is 1. The second-order valence-corrected chi connectivity index (χ2v) is 5.65. The number of rotatable bonds is 7. The van der Waals surface area contributed by atoms with Gasteiger partial charge >= 0.3 is 0 Å². The number of nitrogens with one attached hydrogen (secondary N) is 1. The molecule has 0 unspecified atom stereocenters. The van der Waals surface area contributed by atoms with Gasteiger partial charge in [-0.2, -0.15) is 0 Å². The van der Waals surface area contributed by atoms with E-state index in [1.54, 1.807) is 10.6 Å². The van der Waals surface area contributed by atoms with E-state index in [4.69, 9.17) is 4.74 Å². The molecule has 0 spiro atoms. The van der Waals surface area contributed by atoms with Crippen LogP contribution < -0.4 is 15.6 Å². The third-order valence-electron chi connectivity index (χ3n) is 3.90. The molecule has 2 rings (SSSR count). The fourth-order valence-electron chi connectivity index (χ4n) is 2.42. The van der Waals surface area contributed by atoms with E-state index in [1.807, 2.05) is 32.2 Å². The van der Waals surface area contributed by atoms with E-state index in [2.05, 4.69) is 18.8 Å². The zero-order chi connectivity index (χ0) is 17.7. The Morgan fingerprint density at radius 3 is 2.83 bits per heavy atom. The molecular formula is C19H24N2O3. The van der Waals surface area contributed by atoms with E-state index >= 15 is 0 Å². The van der Waals surface area contributed by atoms with Crippen molar-refractivity contribution in [3.8, 4) is 11.5 Å². The number of aromatic hydroxyl groups is 1. The topological polar surface area (TPSA) is 63.5 Å². The Hall–Kier alpha value is -2.69. The molecule has 2 N–H and O–H groups in total. The van der Waals surface area contributed by atoms with Gasteiger partial charge in [-0.3, -0.25) is 4.79 Å². The van der Waals surface area contributed by atoms with Crippen LogP contribution >= 0.6 is 0 Å². The minimum Gasteiger partial charge on any atom is -0.500 e. The van der Waals surface area contributed by atoms with Gasteiger partial charge in [-0.15, -0.1) is 0 Å². The summed E-state index contributed by atoms with van der Waals surface area (Å²) in [6, 6.07) is 5.62. The van der Waals surface area contributed by atoms with Crippen molar-refractivity contribution in [3.05, 3.63) is 53.0 Å². The molecule has 0 bridgehead atoms. The van der Waals surface area contributed by atoms with Gasteiger partial charge in [0.1, 0.15) is 0 Å². The number of hydrogen-bond donors (Lipinski definition) is 2. The van der Waals surface area contributed by atoms with Gasteiger partial charge in [0, 0.05) is 24.7 Å². The SMILES string of the molecule is C=CC(C)=COc1c(O)c(=O)n(CCCC)c2cc(NC)ccc12. The summed E-state index contributed by atoms with van der Waals surface area (Å²) >= 11 is 0. The summed E-state index contributed by atoms with van der Waals surface area (Å²) in [7, 11) is 1.82. The summed E-state index contributed by atoms with van der Waals surface area (Å²) in [5.74, 6) is -0.199. The van der Waals surface area contributed by atoms with E-state index in [1.165, 1.54) is 6.26 Å². The number of anilines is 1. The van der Waals surface area contributed by atoms with Crippen LogP contribution in [-0.2, 0) is 6.54 Å². The second-order valence-electron chi connectivity index (χ2n) is 5.65. The van der Waals surface area contributed by atoms with Crippen LogP contribution in [0.5, 0.6) is 11.5 Å². The lowest BCUT2D eigenvalue weighted by Gasteiger charge is -2.15. The van der Waals surface area contributed by atoms with Crippen molar-refractivity contribution < 1.29 is 9.84 Å². The monoisotopic (exact) mass is 328 g/mol. The Bertz CT molecular complexity index is 835. The van der Waals surface area contributed by atoms with E-state index in [0.29, 0.717) is 11.9 Å². The minimum absolute atomic E-state index is 0.173. The lowest BCUT2D eigenvalue weighted by molar-refractivity contribution is 0.401. The number of pyridine rings is 1. The van der Waals surface area contributed by atoms with Crippen LogP contribution in [0, 0.1) is 0 Å². The van der Waals surface area contributed by atoms with E-state index in [0.717, 1.165) is 29.6 Å². The molecule has 0 amide bonds. The largest absolute Gasteiger partial charge is 0.500 e.